The first-order chi connectivity index (χ1) is 13.5. The summed E-state index contributed by atoms with van der Waals surface area (Å²) in [6.07, 6.45) is -0.110. The second kappa shape index (κ2) is 9.29. The lowest BCUT2D eigenvalue weighted by Gasteiger charge is -2.19. The number of carbonyl (C=O) groups excluding carboxylic acids is 1. The predicted molar refractivity (Wildman–Crippen MR) is 112 cm³/mol. The van der Waals surface area contributed by atoms with Crippen LogP contribution in [0.15, 0.2) is 72.8 Å². The van der Waals surface area contributed by atoms with Gasteiger partial charge in [-0.05, 0) is 55.8 Å². The maximum atomic E-state index is 12.8. The molecule has 0 aliphatic rings. The van der Waals surface area contributed by atoms with Crippen molar-refractivity contribution in [2.24, 2.45) is 0 Å². The molecule has 0 heterocycles. The smallest absolute Gasteiger partial charge is 0.265 e. The van der Waals surface area contributed by atoms with E-state index in [1.165, 1.54) is 0 Å². The fourth-order valence-electron chi connectivity index (χ4n) is 2.62. The lowest BCUT2D eigenvalue weighted by atomic mass is 10.2. The molecule has 5 heteroatoms. The van der Waals surface area contributed by atoms with E-state index in [2.05, 4.69) is 5.32 Å². The summed E-state index contributed by atoms with van der Waals surface area (Å²) in [5, 5.41) is 3.38. The van der Waals surface area contributed by atoms with Gasteiger partial charge in [0.2, 0.25) is 0 Å². The van der Waals surface area contributed by atoms with E-state index in [1.54, 1.807) is 18.2 Å². The van der Waals surface area contributed by atoms with Crippen LogP contribution >= 0.6 is 11.6 Å². The summed E-state index contributed by atoms with van der Waals surface area (Å²) in [5.41, 5.74) is 1.62. The maximum Gasteiger partial charge on any atom is 0.265 e. The second-order valence-electron chi connectivity index (χ2n) is 6.37. The molecule has 0 aromatic heterocycles. The van der Waals surface area contributed by atoms with Crippen molar-refractivity contribution in [3.63, 3.8) is 0 Å². The van der Waals surface area contributed by atoms with Crippen molar-refractivity contribution in [3.05, 3.63) is 83.4 Å². The van der Waals surface area contributed by atoms with Crippen LogP contribution in [-0.4, -0.2) is 12.0 Å². The average Bonchev–Trinajstić information content (AvgIpc) is 2.70. The monoisotopic (exact) mass is 395 g/mol. The maximum absolute atomic E-state index is 12.8. The van der Waals surface area contributed by atoms with E-state index < -0.39 is 6.10 Å². The third-order valence-corrected chi connectivity index (χ3v) is 4.37. The van der Waals surface area contributed by atoms with Gasteiger partial charge in [0.1, 0.15) is 11.5 Å². The number of hydrogen-bond acceptors (Lipinski definition) is 3. The fraction of sp³-hybridized carbons (Fsp3) is 0.174. The minimum absolute atomic E-state index is 0.261. The summed E-state index contributed by atoms with van der Waals surface area (Å²) in [6, 6.07) is 22.1. The largest absolute Gasteiger partial charge is 0.481 e. The van der Waals surface area contributed by atoms with Crippen LogP contribution < -0.4 is 14.8 Å². The number of nitrogens with one attached hydrogen (secondary N) is 1. The zero-order valence-electron chi connectivity index (χ0n) is 15.8. The van der Waals surface area contributed by atoms with Crippen LogP contribution in [0, 0.1) is 6.92 Å². The van der Waals surface area contributed by atoms with Crippen molar-refractivity contribution in [3.8, 4) is 17.2 Å². The minimum atomic E-state index is -0.633. The SMILES string of the molecule is CC[C@H](Oc1ccc(C)cc1)C(=O)Nc1cc(Cl)ccc1Oc1ccccc1. The van der Waals surface area contributed by atoms with Crippen molar-refractivity contribution >= 4 is 23.2 Å². The highest BCUT2D eigenvalue weighted by atomic mass is 35.5. The van der Waals surface area contributed by atoms with Crippen LogP contribution in [0.25, 0.3) is 0 Å². The number of halogens is 1. The molecule has 0 unspecified atom stereocenters. The van der Waals surface area contributed by atoms with Crippen LogP contribution in [0.3, 0.4) is 0 Å². The molecule has 1 N–H and O–H groups in total. The third kappa shape index (κ3) is 5.27. The number of anilines is 1. The zero-order chi connectivity index (χ0) is 19.9. The third-order valence-electron chi connectivity index (χ3n) is 4.13. The molecule has 0 fully saturated rings. The number of rotatable bonds is 7. The summed E-state index contributed by atoms with van der Waals surface area (Å²) < 4.78 is 11.8. The Morgan fingerprint density at radius 1 is 1.00 bits per heavy atom. The van der Waals surface area contributed by atoms with Gasteiger partial charge in [0.15, 0.2) is 11.9 Å². The summed E-state index contributed by atoms with van der Waals surface area (Å²) in [5.74, 6) is 1.57. The molecule has 0 saturated heterocycles. The van der Waals surface area contributed by atoms with Crippen LogP contribution in [-0.2, 0) is 4.79 Å². The molecule has 0 bridgehead atoms. The van der Waals surface area contributed by atoms with Gasteiger partial charge in [-0.3, -0.25) is 4.79 Å². The standard InChI is InChI=1S/C23H22ClNO3/c1-3-21(27-19-12-9-16(2)10-13-19)23(26)25-20-15-17(24)11-14-22(20)28-18-7-5-4-6-8-18/h4-15,21H,3H2,1-2H3,(H,25,26)/t21-/m0/s1. The molecule has 0 aliphatic heterocycles. The number of para-hydroxylation sites is 1. The Hall–Kier alpha value is -2.98. The highest BCUT2D eigenvalue weighted by Gasteiger charge is 2.20. The van der Waals surface area contributed by atoms with Gasteiger partial charge >= 0.3 is 0 Å². The van der Waals surface area contributed by atoms with Crippen LogP contribution in [0.4, 0.5) is 5.69 Å². The van der Waals surface area contributed by atoms with E-state index >= 15 is 0 Å². The molecule has 3 aromatic carbocycles. The van der Waals surface area contributed by atoms with Crippen molar-refractivity contribution < 1.29 is 14.3 Å². The van der Waals surface area contributed by atoms with Crippen molar-refractivity contribution in [2.45, 2.75) is 26.4 Å². The van der Waals surface area contributed by atoms with Crippen LogP contribution in [0.2, 0.25) is 5.02 Å². The number of benzene rings is 3. The lowest BCUT2D eigenvalue weighted by Crippen LogP contribution is -2.32. The van der Waals surface area contributed by atoms with Crippen molar-refractivity contribution in [2.75, 3.05) is 5.32 Å². The Morgan fingerprint density at radius 3 is 2.39 bits per heavy atom. The first-order valence-electron chi connectivity index (χ1n) is 9.12. The molecule has 0 radical (unpaired) electrons. The van der Waals surface area contributed by atoms with Gasteiger partial charge in [-0.25, -0.2) is 0 Å². The van der Waals surface area contributed by atoms with Gasteiger partial charge in [0.05, 0.1) is 5.69 Å². The molecule has 1 amide bonds. The first-order valence-corrected chi connectivity index (χ1v) is 9.49. The van der Waals surface area contributed by atoms with Gasteiger partial charge in [0, 0.05) is 5.02 Å². The predicted octanol–water partition coefficient (Wildman–Crippen LogP) is 6.24. The average molecular weight is 396 g/mol. The molecule has 0 saturated carbocycles. The van der Waals surface area contributed by atoms with Gasteiger partial charge in [-0.2, -0.15) is 0 Å². The van der Waals surface area contributed by atoms with E-state index in [0.29, 0.717) is 34.4 Å². The minimum Gasteiger partial charge on any atom is -0.481 e. The second-order valence-corrected chi connectivity index (χ2v) is 6.81. The highest BCUT2D eigenvalue weighted by Crippen LogP contribution is 2.32. The van der Waals surface area contributed by atoms with Gasteiger partial charge < -0.3 is 14.8 Å². The van der Waals surface area contributed by atoms with E-state index in [-0.39, 0.29) is 5.91 Å². The molecular weight excluding hydrogens is 374 g/mol. The Kier molecular flexibility index (Phi) is 6.56. The summed E-state index contributed by atoms with van der Waals surface area (Å²) in [4.78, 5) is 12.8. The van der Waals surface area contributed by atoms with Crippen molar-refractivity contribution in [1.29, 1.82) is 0 Å². The molecular formula is C23H22ClNO3. The topological polar surface area (TPSA) is 47.6 Å². The zero-order valence-corrected chi connectivity index (χ0v) is 16.6. The molecule has 28 heavy (non-hydrogen) atoms. The molecule has 3 aromatic rings. The number of amides is 1. The van der Waals surface area contributed by atoms with Crippen LogP contribution in [0.1, 0.15) is 18.9 Å². The molecule has 3 rings (SSSR count). The Labute approximate surface area is 170 Å². The Balaban J connectivity index is 1.76. The van der Waals surface area contributed by atoms with E-state index in [1.807, 2.05) is 68.4 Å². The number of carbonyl (C=O) groups is 1. The van der Waals surface area contributed by atoms with E-state index in [0.717, 1.165) is 5.56 Å². The number of aryl methyl sites for hydroxylation is 1. The normalized spacial score (nSPS) is 11.5. The Bertz CT molecular complexity index is 926. The molecule has 0 spiro atoms. The molecule has 0 aliphatic carbocycles. The molecule has 1 atom stereocenters. The quantitative estimate of drug-likeness (QED) is 0.515. The molecule has 4 nitrogen and oxygen atoms in total. The van der Waals surface area contributed by atoms with E-state index in [9.17, 15) is 4.79 Å². The summed E-state index contributed by atoms with van der Waals surface area (Å²) in [7, 11) is 0. The van der Waals surface area contributed by atoms with Gasteiger partial charge in [-0.1, -0.05) is 54.4 Å². The Morgan fingerprint density at radius 2 is 1.71 bits per heavy atom. The summed E-state index contributed by atoms with van der Waals surface area (Å²) >= 11 is 6.12. The van der Waals surface area contributed by atoms with Gasteiger partial charge in [-0.15, -0.1) is 0 Å². The number of hydrogen-bond donors (Lipinski definition) is 1. The summed E-state index contributed by atoms with van der Waals surface area (Å²) in [6.45, 7) is 3.90. The first kappa shape index (κ1) is 19.8. The molecule has 144 valence electrons. The van der Waals surface area contributed by atoms with Crippen molar-refractivity contribution in [1.82, 2.24) is 0 Å². The lowest BCUT2D eigenvalue weighted by molar-refractivity contribution is -0.122. The van der Waals surface area contributed by atoms with Crippen LogP contribution in [0.5, 0.6) is 17.2 Å². The van der Waals surface area contributed by atoms with E-state index in [4.69, 9.17) is 21.1 Å². The highest BCUT2D eigenvalue weighted by molar-refractivity contribution is 6.31. The fourth-order valence-corrected chi connectivity index (χ4v) is 2.79. The van der Waals surface area contributed by atoms with Gasteiger partial charge in [0.25, 0.3) is 5.91 Å². The number of ether oxygens (including phenoxy) is 2.